The van der Waals surface area contributed by atoms with Crippen LogP contribution in [0.1, 0.15) is 13.3 Å². The molecule has 0 unspecified atom stereocenters. The second-order valence-electron chi connectivity index (χ2n) is 4.19. The molecule has 2 aromatic rings. The lowest BCUT2D eigenvalue weighted by Crippen LogP contribution is -2.16. The van der Waals surface area contributed by atoms with E-state index in [0.717, 1.165) is 37.3 Å². The molecule has 1 N–H and O–H groups in total. The Kier molecular flexibility index (Phi) is 4.47. The van der Waals surface area contributed by atoms with Gasteiger partial charge in [-0.2, -0.15) is 0 Å². The fourth-order valence-electron chi connectivity index (χ4n) is 1.91. The molecule has 4 heteroatoms. The molecule has 0 bridgehead atoms. The van der Waals surface area contributed by atoms with E-state index in [1.807, 2.05) is 12.5 Å². The van der Waals surface area contributed by atoms with E-state index >= 15 is 0 Å². The van der Waals surface area contributed by atoms with Crippen molar-refractivity contribution in [2.45, 2.75) is 19.9 Å². The third kappa shape index (κ3) is 3.17. The third-order valence-electron chi connectivity index (χ3n) is 2.85. The molecule has 0 radical (unpaired) electrons. The number of halogens is 1. The predicted molar refractivity (Wildman–Crippen MR) is 70.8 cm³/mol. The molecule has 96 valence electrons. The maximum atomic E-state index is 12.9. The number of aryl methyl sites for hydroxylation is 1. The Labute approximate surface area is 107 Å². The van der Waals surface area contributed by atoms with Gasteiger partial charge in [-0.3, -0.25) is 0 Å². The van der Waals surface area contributed by atoms with Gasteiger partial charge in [0.2, 0.25) is 0 Å². The summed E-state index contributed by atoms with van der Waals surface area (Å²) < 4.78 is 15.0. The lowest BCUT2D eigenvalue weighted by molar-refractivity contribution is 0.595. The van der Waals surface area contributed by atoms with Gasteiger partial charge in [-0.15, -0.1) is 0 Å². The van der Waals surface area contributed by atoms with Gasteiger partial charge < -0.3 is 9.88 Å². The molecular formula is C14H18FN3. The summed E-state index contributed by atoms with van der Waals surface area (Å²) >= 11 is 0. The van der Waals surface area contributed by atoms with Crippen molar-refractivity contribution in [2.75, 3.05) is 13.1 Å². The van der Waals surface area contributed by atoms with Crippen molar-refractivity contribution in [3.8, 4) is 11.3 Å². The molecular weight excluding hydrogens is 229 g/mol. The van der Waals surface area contributed by atoms with Gasteiger partial charge in [0.1, 0.15) is 5.82 Å². The van der Waals surface area contributed by atoms with Gasteiger partial charge in [0.05, 0.1) is 18.2 Å². The van der Waals surface area contributed by atoms with Crippen LogP contribution in [-0.2, 0) is 6.54 Å². The van der Waals surface area contributed by atoms with E-state index in [-0.39, 0.29) is 5.82 Å². The van der Waals surface area contributed by atoms with Crippen LogP contribution >= 0.6 is 0 Å². The normalized spacial score (nSPS) is 10.8. The van der Waals surface area contributed by atoms with Crippen LogP contribution in [0.5, 0.6) is 0 Å². The number of aromatic nitrogens is 2. The fraction of sp³-hybridized carbons (Fsp3) is 0.357. The molecule has 0 saturated carbocycles. The Morgan fingerprint density at radius 2 is 2.06 bits per heavy atom. The van der Waals surface area contributed by atoms with Crippen LogP contribution in [0.2, 0.25) is 0 Å². The first-order valence-corrected chi connectivity index (χ1v) is 6.28. The zero-order valence-corrected chi connectivity index (χ0v) is 10.6. The van der Waals surface area contributed by atoms with Gasteiger partial charge in [0.15, 0.2) is 0 Å². The average Bonchev–Trinajstić information content (AvgIpc) is 2.84. The summed E-state index contributed by atoms with van der Waals surface area (Å²) in [6, 6.07) is 6.52. The average molecular weight is 247 g/mol. The number of benzene rings is 1. The fourth-order valence-corrected chi connectivity index (χ4v) is 1.91. The second-order valence-corrected chi connectivity index (χ2v) is 4.19. The highest BCUT2D eigenvalue weighted by atomic mass is 19.1. The SMILES string of the molecule is CCNCCCn1cncc1-c1ccc(F)cc1. The van der Waals surface area contributed by atoms with Crippen molar-refractivity contribution < 1.29 is 4.39 Å². The standard InChI is InChI=1S/C14H18FN3/c1-2-16-8-3-9-18-11-17-10-14(18)12-4-6-13(15)7-5-12/h4-7,10-11,16H,2-3,8-9H2,1H3. The summed E-state index contributed by atoms with van der Waals surface area (Å²) in [6.07, 6.45) is 4.70. The lowest BCUT2D eigenvalue weighted by atomic mass is 10.1. The minimum absolute atomic E-state index is 0.211. The van der Waals surface area contributed by atoms with E-state index in [9.17, 15) is 4.39 Å². The van der Waals surface area contributed by atoms with Gasteiger partial charge in [0, 0.05) is 6.54 Å². The van der Waals surface area contributed by atoms with Crippen molar-refractivity contribution in [2.24, 2.45) is 0 Å². The first kappa shape index (κ1) is 12.8. The first-order valence-electron chi connectivity index (χ1n) is 6.28. The molecule has 1 aromatic carbocycles. The molecule has 0 amide bonds. The van der Waals surface area contributed by atoms with E-state index in [4.69, 9.17) is 0 Å². The number of imidazole rings is 1. The highest BCUT2D eigenvalue weighted by Crippen LogP contribution is 2.19. The number of nitrogens with one attached hydrogen (secondary N) is 1. The van der Waals surface area contributed by atoms with E-state index in [2.05, 4.69) is 21.8 Å². The van der Waals surface area contributed by atoms with Crippen molar-refractivity contribution >= 4 is 0 Å². The largest absolute Gasteiger partial charge is 0.331 e. The first-order chi connectivity index (χ1) is 8.81. The van der Waals surface area contributed by atoms with Gasteiger partial charge in [-0.25, -0.2) is 9.37 Å². The summed E-state index contributed by atoms with van der Waals surface area (Å²) in [4.78, 5) is 4.17. The minimum Gasteiger partial charge on any atom is -0.331 e. The number of hydrogen-bond acceptors (Lipinski definition) is 2. The molecule has 3 nitrogen and oxygen atoms in total. The topological polar surface area (TPSA) is 29.9 Å². The molecule has 0 saturated heterocycles. The molecule has 1 heterocycles. The summed E-state index contributed by atoms with van der Waals surface area (Å²) in [5, 5.41) is 3.29. The minimum atomic E-state index is -0.211. The maximum Gasteiger partial charge on any atom is 0.123 e. The van der Waals surface area contributed by atoms with Crippen molar-refractivity contribution in [3.05, 3.63) is 42.6 Å². The summed E-state index contributed by atoms with van der Waals surface area (Å²) in [5.74, 6) is -0.211. The van der Waals surface area contributed by atoms with Gasteiger partial charge in [0.25, 0.3) is 0 Å². The van der Waals surface area contributed by atoms with Gasteiger partial charge in [-0.1, -0.05) is 6.92 Å². The molecule has 2 rings (SSSR count). The van der Waals surface area contributed by atoms with Crippen molar-refractivity contribution in [1.29, 1.82) is 0 Å². The number of nitrogens with zero attached hydrogens (tertiary/aromatic N) is 2. The van der Waals surface area contributed by atoms with Gasteiger partial charge in [-0.05, 0) is 49.3 Å². The monoisotopic (exact) mass is 247 g/mol. The predicted octanol–water partition coefficient (Wildman–Crippen LogP) is 2.69. The lowest BCUT2D eigenvalue weighted by Gasteiger charge is -2.08. The van der Waals surface area contributed by atoms with Crippen LogP contribution in [0.15, 0.2) is 36.8 Å². The van der Waals surface area contributed by atoms with Crippen LogP contribution in [-0.4, -0.2) is 22.6 Å². The Balaban J connectivity index is 2.05. The maximum absolute atomic E-state index is 12.9. The zero-order valence-electron chi connectivity index (χ0n) is 10.6. The summed E-state index contributed by atoms with van der Waals surface area (Å²) in [6.45, 7) is 5.01. The van der Waals surface area contributed by atoms with Crippen LogP contribution < -0.4 is 5.32 Å². The molecule has 0 aliphatic carbocycles. The molecule has 1 aromatic heterocycles. The number of hydrogen-bond donors (Lipinski definition) is 1. The van der Waals surface area contributed by atoms with Crippen LogP contribution in [0.4, 0.5) is 4.39 Å². The van der Waals surface area contributed by atoms with Crippen LogP contribution in [0, 0.1) is 5.82 Å². The molecule has 0 spiro atoms. The van der Waals surface area contributed by atoms with Crippen LogP contribution in [0.3, 0.4) is 0 Å². The smallest absolute Gasteiger partial charge is 0.123 e. The third-order valence-corrected chi connectivity index (χ3v) is 2.85. The van der Waals surface area contributed by atoms with E-state index in [1.165, 1.54) is 12.1 Å². The Morgan fingerprint density at radius 1 is 1.28 bits per heavy atom. The van der Waals surface area contributed by atoms with E-state index in [0.29, 0.717) is 0 Å². The second kappa shape index (κ2) is 6.31. The van der Waals surface area contributed by atoms with Gasteiger partial charge >= 0.3 is 0 Å². The van der Waals surface area contributed by atoms with Crippen LogP contribution in [0.25, 0.3) is 11.3 Å². The Morgan fingerprint density at radius 3 is 2.78 bits per heavy atom. The van der Waals surface area contributed by atoms with E-state index in [1.54, 1.807) is 12.1 Å². The van der Waals surface area contributed by atoms with Crippen molar-refractivity contribution in [3.63, 3.8) is 0 Å². The Hall–Kier alpha value is -1.68. The Bertz CT molecular complexity index is 476. The molecule has 0 fully saturated rings. The molecule has 0 atom stereocenters. The van der Waals surface area contributed by atoms with E-state index < -0.39 is 0 Å². The highest BCUT2D eigenvalue weighted by molar-refractivity contribution is 5.58. The number of rotatable bonds is 6. The quantitative estimate of drug-likeness (QED) is 0.795. The molecule has 0 aliphatic heterocycles. The summed E-state index contributed by atoms with van der Waals surface area (Å²) in [7, 11) is 0. The molecule has 0 aliphatic rings. The summed E-state index contributed by atoms with van der Waals surface area (Å²) in [5.41, 5.74) is 2.03. The van der Waals surface area contributed by atoms with Crippen molar-refractivity contribution in [1.82, 2.24) is 14.9 Å². The molecule has 18 heavy (non-hydrogen) atoms. The highest BCUT2D eigenvalue weighted by Gasteiger charge is 2.04. The zero-order chi connectivity index (χ0) is 12.8.